The predicted molar refractivity (Wildman–Crippen MR) is 337 cm³/mol. The quantitative estimate of drug-likeness (QED) is 0.147. The number of nitrogens with zero attached hydrogens (tertiary/aromatic N) is 2. The zero-order chi connectivity index (χ0) is 61.0. The number of rotatable bonds is 2. The number of fused-ring (bicyclic) bond motifs is 8. The van der Waals surface area contributed by atoms with Crippen molar-refractivity contribution in [1.82, 2.24) is 20.1 Å². The average Bonchev–Trinajstić information content (AvgIpc) is 1.55. The summed E-state index contributed by atoms with van der Waals surface area (Å²) >= 11 is 12.8. The molecule has 12 rings (SSSR count). The van der Waals surface area contributed by atoms with Gasteiger partial charge in [0.1, 0.15) is 23.1 Å². The van der Waals surface area contributed by atoms with Crippen LogP contribution in [0.1, 0.15) is 148 Å². The maximum atomic E-state index is 13.6. The molecule has 0 aromatic heterocycles. The second kappa shape index (κ2) is 25.0. The van der Waals surface area contributed by atoms with Gasteiger partial charge in [-0.25, -0.2) is 26.3 Å². The van der Waals surface area contributed by atoms with Crippen LogP contribution in [0.25, 0.3) is 0 Å². The molecule has 0 saturated heterocycles. The molecule has 86 heavy (non-hydrogen) atoms. The van der Waals surface area contributed by atoms with E-state index < -0.39 is 42.4 Å². The Morgan fingerprint density at radius 3 is 1.34 bits per heavy atom. The number of nitrogens with one attached hydrogen (secondary N) is 4. The van der Waals surface area contributed by atoms with E-state index in [1.807, 2.05) is 40.1 Å². The maximum absolute atomic E-state index is 13.6. The monoisotopic (exact) mass is 1250 g/mol. The number of carbonyl (C=O) groups excluding carboxylic acids is 4. The van der Waals surface area contributed by atoms with E-state index >= 15 is 0 Å². The molecule has 20 heteroatoms. The van der Waals surface area contributed by atoms with Crippen molar-refractivity contribution in [3.8, 4) is 11.5 Å². The summed E-state index contributed by atoms with van der Waals surface area (Å²) < 4.78 is 71.0. The molecule has 4 N–H and O–H groups in total. The highest BCUT2D eigenvalue weighted by Crippen LogP contribution is 2.49. The summed E-state index contributed by atoms with van der Waals surface area (Å²) in [6, 6.07) is 22.4. The third-order valence-electron chi connectivity index (χ3n) is 21.2. The molecule has 0 unspecified atom stereocenters. The molecule has 8 aliphatic rings. The Hall–Kier alpha value is -5.24. The van der Waals surface area contributed by atoms with Crippen molar-refractivity contribution >= 4 is 78.0 Å². The van der Waals surface area contributed by atoms with Crippen molar-refractivity contribution in [2.75, 3.05) is 63.3 Å². The number of carbonyl (C=O) groups is 4. The first-order valence-electron chi connectivity index (χ1n) is 31.1. The number of sulfonamides is 2. The largest absolute Gasteiger partial charge is 0.490 e. The van der Waals surface area contributed by atoms with Crippen LogP contribution in [0.5, 0.6) is 11.5 Å². The minimum absolute atomic E-state index is 0.0345. The van der Waals surface area contributed by atoms with Gasteiger partial charge in [0.05, 0.1) is 35.1 Å². The first-order valence-corrected chi connectivity index (χ1v) is 35.0. The summed E-state index contributed by atoms with van der Waals surface area (Å²) in [6.45, 7) is 10.6. The van der Waals surface area contributed by atoms with Crippen LogP contribution >= 0.6 is 23.2 Å². The Bertz CT molecular complexity index is 3290. The molecule has 2 fully saturated rings. The van der Waals surface area contributed by atoms with Gasteiger partial charge in [-0.15, -0.1) is 0 Å². The smallest absolute Gasteiger partial charge is 0.264 e. The van der Waals surface area contributed by atoms with Crippen molar-refractivity contribution in [2.45, 2.75) is 151 Å². The Kier molecular flexibility index (Phi) is 18.1. The van der Waals surface area contributed by atoms with Crippen LogP contribution in [0.2, 0.25) is 10.0 Å². The van der Waals surface area contributed by atoms with Gasteiger partial charge in [0.25, 0.3) is 11.8 Å². The molecule has 4 aromatic carbocycles. The fourth-order valence-electron chi connectivity index (χ4n) is 15.3. The molecule has 4 bridgehead atoms. The maximum Gasteiger partial charge on any atom is 0.264 e. The zero-order valence-electron chi connectivity index (χ0n) is 50.4. The van der Waals surface area contributed by atoms with Crippen molar-refractivity contribution in [3.05, 3.63) is 116 Å². The lowest BCUT2D eigenvalue weighted by Crippen LogP contribution is -2.49. The molecular weight excluding hydrogens is 1170 g/mol. The van der Waals surface area contributed by atoms with E-state index in [0.717, 1.165) is 85.6 Å². The summed E-state index contributed by atoms with van der Waals surface area (Å²) in [7, 11) is -4.27. The fraction of sp³-hybridized carbons (Fsp3) is 0.576. The minimum atomic E-state index is -3.96. The van der Waals surface area contributed by atoms with Crippen molar-refractivity contribution in [1.29, 1.82) is 0 Å². The van der Waals surface area contributed by atoms with Crippen molar-refractivity contribution in [3.63, 3.8) is 0 Å². The van der Waals surface area contributed by atoms with E-state index in [1.54, 1.807) is 50.2 Å². The molecule has 12 atom stereocenters. The van der Waals surface area contributed by atoms with Gasteiger partial charge in [-0.2, -0.15) is 0 Å². The fourth-order valence-corrected chi connectivity index (χ4v) is 18.3. The van der Waals surface area contributed by atoms with Gasteiger partial charge >= 0.3 is 0 Å². The van der Waals surface area contributed by atoms with Crippen LogP contribution in [0.4, 0.5) is 11.4 Å². The molecular formula is C66H84Cl2N6O10S2. The highest BCUT2D eigenvalue weighted by molar-refractivity contribution is 7.91. The lowest BCUT2D eigenvalue weighted by Gasteiger charge is -2.44. The predicted octanol–water partition coefficient (Wildman–Crippen LogP) is 9.75. The van der Waals surface area contributed by atoms with E-state index in [9.17, 15) is 36.0 Å². The minimum Gasteiger partial charge on any atom is -0.490 e. The number of amides is 2. The summed E-state index contributed by atoms with van der Waals surface area (Å²) in [4.78, 5) is 58.7. The number of ether oxygens (including phenoxy) is 2. The van der Waals surface area contributed by atoms with Crippen LogP contribution in [-0.2, 0) is 53.3 Å². The van der Waals surface area contributed by atoms with Gasteiger partial charge in [0.2, 0.25) is 20.0 Å². The molecule has 2 amide bonds. The number of benzene rings is 4. The number of Topliss-reactive ketones (excluding diaryl/α,β-unsaturated/α-hetero) is 2. The second-order valence-corrected chi connectivity index (χ2v) is 31.5. The van der Waals surface area contributed by atoms with Crippen LogP contribution in [0.15, 0.2) is 72.8 Å². The van der Waals surface area contributed by atoms with E-state index in [0.29, 0.717) is 76.6 Å². The molecule has 2 saturated carbocycles. The van der Waals surface area contributed by atoms with E-state index in [-0.39, 0.29) is 81.1 Å². The number of anilines is 2. The molecule has 4 aliphatic carbocycles. The second-order valence-electron chi connectivity index (χ2n) is 26.6. The highest BCUT2D eigenvalue weighted by atomic mass is 35.5. The lowest BCUT2D eigenvalue weighted by molar-refractivity contribution is -0.129. The number of aryl methyl sites for hydroxylation is 2. The topological polar surface area (TPSA) is 210 Å². The molecule has 16 nitrogen and oxygen atoms in total. The van der Waals surface area contributed by atoms with Gasteiger partial charge < -0.3 is 29.9 Å². The van der Waals surface area contributed by atoms with E-state index in [4.69, 9.17) is 32.7 Å². The Labute approximate surface area is 518 Å². The Morgan fingerprint density at radius 2 is 0.965 bits per heavy atom. The Balaban J connectivity index is 0.000000179. The molecule has 0 radical (unpaired) electrons. The normalized spacial score (nSPS) is 32.5. The molecule has 464 valence electrons. The summed E-state index contributed by atoms with van der Waals surface area (Å²) in [6.07, 6.45) is 11.3. The number of halogens is 2. The van der Waals surface area contributed by atoms with Crippen LogP contribution < -0.4 is 39.4 Å². The molecule has 4 heterocycles. The zero-order valence-corrected chi connectivity index (χ0v) is 53.5. The SMILES string of the molecule is CN[C@@H]1CC(=O)[C@@H]2CC[C@H]2CN2C[C@@]3(CCCc4cc(Cl)ccc43)COc3ccc(cc32)C(=O)NS(=O)(=O)[C@H](C)[C@@H](C)C1.CN[C@H]1CC(=O)[C@@H]2CC[C@H]2CN2C[C@@]3(CCCc4cc(Cl)ccc43)COc3ccc(cc32)C(=O)NS(=O)(=O)[C@H](C)[C@@H](C)C1. The van der Waals surface area contributed by atoms with Crippen LogP contribution in [0.3, 0.4) is 0 Å². The number of ketones is 2. The van der Waals surface area contributed by atoms with Crippen LogP contribution in [0, 0.1) is 35.5 Å². The van der Waals surface area contributed by atoms with Crippen LogP contribution in [-0.4, -0.2) is 116 Å². The van der Waals surface area contributed by atoms with Gasteiger partial charge in [0.15, 0.2) is 0 Å². The number of hydrogen-bond donors (Lipinski definition) is 4. The average molecular weight is 1260 g/mol. The standard InChI is InChI=1S/2C33H42ClN3O5S/c2*1-20-13-26(35-3)16-30(38)27-9-6-24(27)17-37-18-33(12-4-5-22-14-25(34)8-10-28(22)33)19-42-31-11-7-23(15-29(31)37)32(39)36-43(40,41)21(20)2/h2*7-8,10-11,14-15,20-21,24,26-27,35H,4-6,9,12-13,16-19H2,1-3H3,(H,36,39)/t20-,21+,24-,26+,27+,33-;20-,21+,24-,26-,27+,33-/m00/s1. The number of hydrogen-bond acceptors (Lipinski definition) is 14. The van der Waals surface area contributed by atoms with E-state index in [1.165, 1.54) is 22.3 Å². The van der Waals surface area contributed by atoms with Gasteiger partial charge in [-0.05, 0) is 212 Å². The van der Waals surface area contributed by atoms with E-state index in [2.05, 4.69) is 54.1 Å². The van der Waals surface area contributed by atoms with Gasteiger partial charge in [-0.3, -0.25) is 19.2 Å². The first-order chi connectivity index (χ1) is 41.0. The third-order valence-corrected chi connectivity index (χ3v) is 25.5. The molecule has 4 aromatic rings. The lowest BCUT2D eigenvalue weighted by atomic mass is 9.68. The highest BCUT2D eigenvalue weighted by Gasteiger charge is 2.48. The molecule has 4 aliphatic heterocycles. The third kappa shape index (κ3) is 12.6. The molecule has 2 spiro atoms. The van der Waals surface area contributed by atoms with Gasteiger partial charge in [-0.1, -0.05) is 49.2 Å². The summed E-state index contributed by atoms with van der Waals surface area (Å²) in [5.41, 5.74) is 6.48. The summed E-state index contributed by atoms with van der Waals surface area (Å²) in [5, 5.41) is 6.32. The van der Waals surface area contributed by atoms with Gasteiger partial charge in [0, 0.05) is 94.9 Å². The van der Waals surface area contributed by atoms with Crippen molar-refractivity contribution in [2.24, 2.45) is 35.5 Å². The Morgan fingerprint density at radius 1 is 0.558 bits per heavy atom. The summed E-state index contributed by atoms with van der Waals surface area (Å²) in [5.74, 6) is 0.321. The first kappa shape index (κ1) is 62.4. The van der Waals surface area contributed by atoms with Crippen molar-refractivity contribution < 1.29 is 45.5 Å².